The lowest BCUT2D eigenvalue weighted by molar-refractivity contribution is -0.140. The number of aliphatic hydroxyl groups excluding tert-OH is 1. The highest BCUT2D eigenvalue weighted by molar-refractivity contribution is 7.95. The summed E-state index contributed by atoms with van der Waals surface area (Å²) in [6, 6.07) is 3.98. The van der Waals surface area contributed by atoms with Gasteiger partial charge in [0.05, 0.1) is 16.9 Å². The summed E-state index contributed by atoms with van der Waals surface area (Å²) >= 11 is 0. The van der Waals surface area contributed by atoms with Crippen molar-refractivity contribution >= 4 is 21.6 Å². The average molecular weight is 507 g/mol. The molecule has 1 aromatic carbocycles. The van der Waals surface area contributed by atoms with Crippen molar-refractivity contribution in [3.8, 4) is 0 Å². The molecular formula is C28H42O6S. The van der Waals surface area contributed by atoms with Crippen molar-refractivity contribution in [2.24, 2.45) is 0 Å². The fourth-order valence-corrected chi connectivity index (χ4v) is 6.97. The first kappa shape index (κ1) is 29.2. The van der Waals surface area contributed by atoms with Crippen molar-refractivity contribution in [2.75, 3.05) is 7.11 Å². The van der Waals surface area contributed by atoms with Gasteiger partial charge >= 0.3 is 5.97 Å². The molecule has 0 bridgehead atoms. The first-order valence-electron chi connectivity index (χ1n) is 12.8. The molecule has 1 aliphatic carbocycles. The van der Waals surface area contributed by atoms with Gasteiger partial charge in [-0.3, -0.25) is 9.59 Å². The maximum absolute atomic E-state index is 14.1. The van der Waals surface area contributed by atoms with E-state index in [0.29, 0.717) is 30.6 Å². The lowest BCUT2D eigenvalue weighted by Gasteiger charge is -2.23. The van der Waals surface area contributed by atoms with Crippen molar-refractivity contribution in [1.82, 2.24) is 0 Å². The van der Waals surface area contributed by atoms with E-state index in [1.54, 1.807) is 0 Å². The number of ketones is 1. The third kappa shape index (κ3) is 6.82. The zero-order valence-electron chi connectivity index (χ0n) is 22.3. The van der Waals surface area contributed by atoms with Crippen LogP contribution in [0.15, 0.2) is 27.5 Å². The summed E-state index contributed by atoms with van der Waals surface area (Å²) in [6.07, 6.45) is 2.02. The summed E-state index contributed by atoms with van der Waals surface area (Å²) in [6.45, 7) is 12.1. The van der Waals surface area contributed by atoms with Gasteiger partial charge in [0, 0.05) is 18.4 Å². The molecular weight excluding hydrogens is 464 g/mol. The highest BCUT2D eigenvalue weighted by Crippen LogP contribution is 2.42. The minimum Gasteiger partial charge on any atom is -0.469 e. The monoisotopic (exact) mass is 506 g/mol. The first-order valence-corrected chi connectivity index (χ1v) is 14.2. The highest BCUT2D eigenvalue weighted by atomic mass is 32.2. The van der Waals surface area contributed by atoms with Crippen LogP contribution < -0.4 is 0 Å². The number of hydrogen-bond acceptors (Lipinski definition) is 6. The number of aliphatic hydroxyl groups is 1. The third-order valence-electron chi connectivity index (χ3n) is 6.77. The number of rotatable bonds is 12. The quantitative estimate of drug-likeness (QED) is 0.279. The predicted octanol–water partition coefficient (Wildman–Crippen LogP) is 5.93. The Kier molecular flexibility index (Phi) is 10.3. The molecule has 0 aromatic heterocycles. The largest absolute Gasteiger partial charge is 0.469 e. The molecule has 35 heavy (non-hydrogen) atoms. The summed E-state index contributed by atoms with van der Waals surface area (Å²) in [5, 5.41) is 10.3. The highest BCUT2D eigenvalue weighted by Gasteiger charge is 2.40. The van der Waals surface area contributed by atoms with E-state index in [4.69, 9.17) is 0 Å². The molecule has 1 aromatic rings. The number of hydrogen-bond donors (Lipinski definition) is 1. The van der Waals surface area contributed by atoms with Crippen LogP contribution in [-0.2, 0) is 24.2 Å². The van der Waals surface area contributed by atoms with Crippen LogP contribution in [0.25, 0.3) is 0 Å². The summed E-state index contributed by atoms with van der Waals surface area (Å²) < 4.78 is 32.9. The van der Waals surface area contributed by atoms with E-state index < -0.39 is 21.7 Å². The Morgan fingerprint density at radius 2 is 1.51 bits per heavy atom. The Labute approximate surface area is 211 Å². The Hall–Kier alpha value is -1.99. The lowest BCUT2D eigenvalue weighted by atomic mass is 9.89. The number of sulfone groups is 1. The summed E-state index contributed by atoms with van der Waals surface area (Å²) in [5.74, 6) is -0.506. The summed E-state index contributed by atoms with van der Waals surface area (Å²) in [4.78, 5) is 24.4. The molecule has 0 heterocycles. The molecule has 0 spiro atoms. The van der Waals surface area contributed by atoms with Crippen molar-refractivity contribution < 1.29 is 27.9 Å². The molecule has 1 aliphatic rings. The van der Waals surface area contributed by atoms with Crippen LogP contribution in [0.5, 0.6) is 0 Å². The fourth-order valence-electron chi connectivity index (χ4n) is 4.61. The summed E-state index contributed by atoms with van der Waals surface area (Å²) in [5.41, 5.74) is 2.87. The first-order chi connectivity index (χ1) is 16.3. The molecule has 0 radical (unpaired) electrons. The predicted molar refractivity (Wildman–Crippen MR) is 138 cm³/mol. The van der Waals surface area contributed by atoms with Crippen molar-refractivity contribution in [3.63, 3.8) is 0 Å². The van der Waals surface area contributed by atoms with Crippen LogP contribution >= 0.6 is 0 Å². The van der Waals surface area contributed by atoms with Crippen LogP contribution in [0.2, 0.25) is 0 Å². The molecule has 1 atom stereocenters. The topological polar surface area (TPSA) is 97.7 Å². The number of methoxy groups -OCH3 is 1. The van der Waals surface area contributed by atoms with Gasteiger partial charge in [0.1, 0.15) is 6.10 Å². The number of Topliss-reactive ketones (excluding diaryl/α,β-unsaturated/α-hetero) is 1. The molecule has 1 N–H and O–H groups in total. The molecule has 0 amide bonds. The number of carbonyl (C=O) groups is 2. The van der Waals surface area contributed by atoms with Crippen molar-refractivity contribution in [1.29, 1.82) is 0 Å². The molecule has 0 saturated heterocycles. The summed E-state index contributed by atoms with van der Waals surface area (Å²) in [7, 11) is -2.61. The SMILES string of the molecule is COC(=O)CCCCCCC1=C(S(=O)(=O)c2c(C(C)C)cc(C(C)C)cc2C(C)C)CC(O)C1=O. The molecule has 0 fully saturated rings. The fraction of sp³-hybridized carbons (Fsp3) is 0.643. The number of unbranched alkanes of at least 4 members (excludes halogenated alkanes) is 3. The maximum Gasteiger partial charge on any atom is 0.305 e. The van der Waals surface area contributed by atoms with Gasteiger partial charge < -0.3 is 9.84 Å². The smallest absolute Gasteiger partial charge is 0.305 e. The van der Waals surface area contributed by atoms with Crippen LogP contribution in [0, 0.1) is 0 Å². The minimum absolute atomic E-state index is 0.0168. The second-order valence-corrected chi connectivity index (χ2v) is 12.4. The van der Waals surface area contributed by atoms with Gasteiger partial charge in [0.15, 0.2) is 5.78 Å². The normalized spacial score (nSPS) is 16.8. The van der Waals surface area contributed by atoms with Crippen LogP contribution in [-0.4, -0.2) is 38.5 Å². The van der Waals surface area contributed by atoms with Gasteiger partial charge in [-0.25, -0.2) is 8.42 Å². The molecule has 0 saturated carbocycles. The van der Waals surface area contributed by atoms with Crippen LogP contribution in [0.3, 0.4) is 0 Å². The van der Waals surface area contributed by atoms with Gasteiger partial charge in [-0.05, 0) is 53.7 Å². The third-order valence-corrected chi connectivity index (χ3v) is 8.84. The van der Waals surface area contributed by atoms with Gasteiger partial charge in [-0.15, -0.1) is 0 Å². The Morgan fingerprint density at radius 3 is 2.00 bits per heavy atom. The molecule has 1 unspecified atom stereocenters. The van der Waals surface area contributed by atoms with Gasteiger partial charge in [0.2, 0.25) is 9.84 Å². The number of esters is 1. The second kappa shape index (κ2) is 12.3. The van der Waals surface area contributed by atoms with Crippen LogP contribution in [0.4, 0.5) is 0 Å². The standard InChI is InChI=1S/C28H42O6S/c1-17(2)20-14-22(18(3)4)28(23(15-20)19(5)6)35(32,33)25-16-24(29)27(31)21(25)12-10-8-9-11-13-26(30)34-7/h14-15,17-19,24,29H,8-13,16H2,1-7H3. The molecule has 6 nitrogen and oxygen atoms in total. The Balaban J connectivity index is 2.47. The lowest BCUT2D eigenvalue weighted by Crippen LogP contribution is -2.15. The van der Waals surface area contributed by atoms with E-state index in [9.17, 15) is 23.1 Å². The van der Waals surface area contributed by atoms with E-state index in [1.807, 2.05) is 39.8 Å². The van der Waals surface area contributed by atoms with E-state index in [-0.39, 0.29) is 40.6 Å². The van der Waals surface area contributed by atoms with Crippen LogP contribution in [0.1, 0.15) is 121 Å². The zero-order chi connectivity index (χ0) is 26.5. The number of ether oxygens (including phenoxy) is 1. The number of benzene rings is 1. The second-order valence-electron chi connectivity index (χ2n) is 10.5. The van der Waals surface area contributed by atoms with Crippen molar-refractivity contribution in [2.45, 2.75) is 115 Å². The molecule has 196 valence electrons. The molecule has 7 heteroatoms. The van der Waals surface area contributed by atoms with E-state index in [2.05, 4.69) is 18.6 Å². The van der Waals surface area contributed by atoms with Gasteiger partial charge in [-0.1, -0.05) is 66.5 Å². The van der Waals surface area contributed by atoms with E-state index in [0.717, 1.165) is 29.5 Å². The molecule has 0 aliphatic heterocycles. The number of carbonyl (C=O) groups excluding carboxylic acids is 2. The Morgan fingerprint density at radius 1 is 0.971 bits per heavy atom. The minimum atomic E-state index is -3.97. The Bertz CT molecular complexity index is 1030. The van der Waals surface area contributed by atoms with Crippen molar-refractivity contribution in [3.05, 3.63) is 39.3 Å². The zero-order valence-corrected chi connectivity index (χ0v) is 23.1. The maximum atomic E-state index is 14.1. The van der Waals surface area contributed by atoms with E-state index in [1.165, 1.54) is 7.11 Å². The van der Waals surface area contributed by atoms with Gasteiger partial charge in [-0.2, -0.15) is 0 Å². The van der Waals surface area contributed by atoms with E-state index >= 15 is 0 Å². The average Bonchev–Trinajstić information content (AvgIpc) is 3.09. The molecule has 2 rings (SSSR count). The van der Waals surface area contributed by atoms with Gasteiger partial charge in [0.25, 0.3) is 0 Å².